The maximum atomic E-state index is 12.1. The second-order valence-electron chi connectivity index (χ2n) is 4.52. The van der Waals surface area contributed by atoms with Crippen LogP contribution in [0.25, 0.3) is 0 Å². The molecule has 0 bridgehead atoms. The summed E-state index contributed by atoms with van der Waals surface area (Å²) in [6.07, 6.45) is 2.36. The number of halogens is 1. The molecular weight excluding hydrogens is 327 g/mol. The number of amides is 1. The van der Waals surface area contributed by atoms with Crippen LogP contribution in [0.3, 0.4) is 0 Å². The third-order valence-electron chi connectivity index (χ3n) is 3.14. The number of nitrogens with two attached hydrogens (primary N) is 1. The minimum absolute atomic E-state index is 0.221. The van der Waals surface area contributed by atoms with Gasteiger partial charge in [0.1, 0.15) is 0 Å². The number of benzene rings is 1. The van der Waals surface area contributed by atoms with E-state index in [0.717, 1.165) is 31.5 Å². The Hall–Kier alpha value is -0.620. The summed E-state index contributed by atoms with van der Waals surface area (Å²) in [5, 5.41) is 0. The number of carbonyl (C=O) groups excluding carboxylic acids is 1. The van der Waals surface area contributed by atoms with E-state index in [1.165, 1.54) is 3.57 Å². The molecular formula is C13H17IN2O. The molecule has 92 valence electrons. The fourth-order valence-corrected chi connectivity index (χ4v) is 2.69. The van der Waals surface area contributed by atoms with E-state index in [2.05, 4.69) is 28.7 Å². The topological polar surface area (TPSA) is 46.3 Å². The van der Waals surface area contributed by atoms with Gasteiger partial charge in [-0.1, -0.05) is 12.1 Å². The predicted octanol–water partition coefficient (Wildman–Crippen LogP) is 1.78. The highest BCUT2D eigenvalue weighted by atomic mass is 127. The molecule has 0 radical (unpaired) electrons. The largest absolute Gasteiger partial charge is 0.342 e. The molecule has 1 aliphatic heterocycles. The first kappa shape index (κ1) is 12.8. The van der Waals surface area contributed by atoms with Gasteiger partial charge in [0.2, 0.25) is 5.91 Å². The van der Waals surface area contributed by atoms with E-state index in [-0.39, 0.29) is 11.9 Å². The van der Waals surface area contributed by atoms with Crippen LogP contribution in [0.2, 0.25) is 0 Å². The summed E-state index contributed by atoms with van der Waals surface area (Å²) in [5.74, 6) is 0.221. The van der Waals surface area contributed by atoms with Gasteiger partial charge in [0, 0.05) is 22.7 Å². The first-order valence-corrected chi connectivity index (χ1v) is 7.01. The minimum atomic E-state index is 0.221. The number of nitrogens with zero attached hydrogens (tertiary/aromatic N) is 1. The van der Waals surface area contributed by atoms with Crippen LogP contribution in [0.1, 0.15) is 18.4 Å². The van der Waals surface area contributed by atoms with Gasteiger partial charge < -0.3 is 10.6 Å². The van der Waals surface area contributed by atoms with Gasteiger partial charge in [0.15, 0.2) is 0 Å². The number of rotatable bonds is 2. The maximum Gasteiger partial charge on any atom is 0.226 e. The van der Waals surface area contributed by atoms with E-state index in [1.54, 1.807) is 0 Å². The summed E-state index contributed by atoms with van der Waals surface area (Å²) in [5.41, 5.74) is 6.92. The summed E-state index contributed by atoms with van der Waals surface area (Å²) in [7, 11) is 0. The number of carbonyl (C=O) groups is 1. The molecule has 0 aliphatic carbocycles. The van der Waals surface area contributed by atoms with Crippen molar-refractivity contribution < 1.29 is 4.79 Å². The Morgan fingerprint density at radius 2 is 2.12 bits per heavy atom. The number of likely N-dealkylation sites (tertiary alicyclic amines) is 1. The first-order chi connectivity index (χ1) is 8.15. The van der Waals surface area contributed by atoms with Gasteiger partial charge >= 0.3 is 0 Å². The second-order valence-corrected chi connectivity index (χ2v) is 5.77. The van der Waals surface area contributed by atoms with Crippen LogP contribution in [-0.4, -0.2) is 29.9 Å². The molecule has 1 heterocycles. The van der Waals surface area contributed by atoms with Gasteiger partial charge in [-0.3, -0.25) is 4.79 Å². The molecule has 0 spiro atoms. The van der Waals surface area contributed by atoms with Gasteiger partial charge in [0.05, 0.1) is 6.42 Å². The summed E-state index contributed by atoms with van der Waals surface area (Å²) in [6, 6.07) is 8.38. The molecule has 0 saturated carbocycles. The van der Waals surface area contributed by atoms with Crippen molar-refractivity contribution in [2.24, 2.45) is 5.73 Å². The molecule has 0 aromatic heterocycles. The van der Waals surface area contributed by atoms with Crippen molar-refractivity contribution >= 4 is 28.5 Å². The standard InChI is InChI=1S/C13H17IN2O/c14-11-3-1-2-10(8-11)9-13(17)16-6-4-12(15)5-7-16/h1-3,8,12H,4-7,9,15H2. The molecule has 2 N–H and O–H groups in total. The van der Waals surface area contributed by atoms with Gasteiger partial charge in [-0.2, -0.15) is 0 Å². The summed E-state index contributed by atoms with van der Waals surface area (Å²) < 4.78 is 1.17. The van der Waals surface area contributed by atoms with E-state index >= 15 is 0 Å². The minimum Gasteiger partial charge on any atom is -0.342 e. The Balaban J connectivity index is 1.93. The van der Waals surface area contributed by atoms with Crippen LogP contribution < -0.4 is 5.73 Å². The summed E-state index contributed by atoms with van der Waals surface area (Å²) >= 11 is 2.27. The third kappa shape index (κ3) is 3.67. The van der Waals surface area contributed by atoms with Crippen LogP contribution in [0.4, 0.5) is 0 Å². The Labute approximate surface area is 116 Å². The lowest BCUT2D eigenvalue weighted by molar-refractivity contribution is -0.131. The highest BCUT2D eigenvalue weighted by molar-refractivity contribution is 14.1. The fourth-order valence-electron chi connectivity index (χ4n) is 2.08. The van der Waals surface area contributed by atoms with Crippen LogP contribution in [0, 0.1) is 3.57 Å². The number of hydrogen-bond donors (Lipinski definition) is 1. The average Bonchev–Trinajstić information content (AvgIpc) is 2.29. The molecule has 0 unspecified atom stereocenters. The van der Waals surface area contributed by atoms with E-state index < -0.39 is 0 Å². The Morgan fingerprint density at radius 1 is 1.41 bits per heavy atom. The molecule has 4 heteroatoms. The Kier molecular flexibility index (Phi) is 4.39. The van der Waals surface area contributed by atoms with E-state index in [9.17, 15) is 4.79 Å². The fraction of sp³-hybridized carbons (Fsp3) is 0.462. The summed E-state index contributed by atoms with van der Waals surface area (Å²) in [4.78, 5) is 14.0. The molecule has 1 amide bonds. The molecule has 2 rings (SSSR count). The van der Waals surface area contributed by atoms with Crippen molar-refractivity contribution in [1.82, 2.24) is 4.90 Å². The van der Waals surface area contributed by atoms with Crippen molar-refractivity contribution in [2.75, 3.05) is 13.1 Å². The van der Waals surface area contributed by atoms with Crippen LogP contribution in [-0.2, 0) is 11.2 Å². The molecule has 1 aromatic carbocycles. The lowest BCUT2D eigenvalue weighted by atomic mass is 10.0. The average molecular weight is 344 g/mol. The molecule has 17 heavy (non-hydrogen) atoms. The molecule has 3 nitrogen and oxygen atoms in total. The molecule has 0 atom stereocenters. The predicted molar refractivity (Wildman–Crippen MR) is 76.7 cm³/mol. The van der Waals surface area contributed by atoms with Crippen molar-refractivity contribution in [3.8, 4) is 0 Å². The Bertz CT molecular complexity index is 400. The van der Waals surface area contributed by atoms with Crippen molar-refractivity contribution in [1.29, 1.82) is 0 Å². The van der Waals surface area contributed by atoms with Crippen LogP contribution in [0.15, 0.2) is 24.3 Å². The zero-order valence-electron chi connectivity index (χ0n) is 9.73. The van der Waals surface area contributed by atoms with E-state index in [0.29, 0.717) is 6.42 Å². The zero-order valence-corrected chi connectivity index (χ0v) is 11.9. The quantitative estimate of drug-likeness (QED) is 0.832. The lowest BCUT2D eigenvalue weighted by Gasteiger charge is -2.30. The maximum absolute atomic E-state index is 12.1. The van der Waals surface area contributed by atoms with Gasteiger partial charge in [0.25, 0.3) is 0 Å². The highest BCUT2D eigenvalue weighted by Crippen LogP contribution is 2.12. The van der Waals surface area contributed by atoms with Crippen LogP contribution >= 0.6 is 22.6 Å². The van der Waals surface area contributed by atoms with Crippen LogP contribution in [0.5, 0.6) is 0 Å². The molecule has 1 aromatic rings. The first-order valence-electron chi connectivity index (χ1n) is 5.93. The second kappa shape index (κ2) is 5.82. The normalized spacial score (nSPS) is 17.2. The van der Waals surface area contributed by atoms with Gasteiger partial charge in [-0.15, -0.1) is 0 Å². The van der Waals surface area contributed by atoms with Crippen molar-refractivity contribution in [2.45, 2.75) is 25.3 Å². The van der Waals surface area contributed by atoms with Gasteiger partial charge in [-0.25, -0.2) is 0 Å². The van der Waals surface area contributed by atoms with Gasteiger partial charge in [-0.05, 0) is 53.1 Å². The third-order valence-corrected chi connectivity index (χ3v) is 3.81. The number of piperidine rings is 1. The lowest BCUT2D eigenvalue weighted by Crippen LogP contribution is -2.43. The summed E-state index contributed by atoms with van der Waals surface area (Å²) in [6.45, 7) is 1.62. The molecule has 1 aliphatic rings. The van der Waals surface area contributed by atoms with Crippen molar-refractivity contribution in [3.63, 3.8) is 0 Å². The zero-order chi connectivity index (χ0) is 12.3. The SMILES string of the molecule is NC1CCN(C(=O)Cc2cccc(I)c2)CC1. The van der Waals surface area contributed by atoms with E-state index in [4.69, 9.17) is 5.73 Å². The van der Waals surface area contributed by atoms with E-state index in [1.807, 2.05) is 23.1 Å². The smallest absolute Gasteiger partial charge is 0.226 e. The van der Waals surface area contributed by atoms with Crippen molar-refractivity contribution in [3.05, 3.63) is 33.4 Å². The number of hydrogen-bond acceptors (Lipinski definition) is 2. The highest BCUT2D eigenvalue weighted by Gasteiger charge is 2.20. The molecule has 1 fully saturated rings. The molecule has 1 saturated heterocycles. The monoisotopic (exact) mass is 344 g/mol. The Morgan fingerprint density at radius 3 is 2.76 bits per heavy atom.